The van der Waals surface area contributed by atoms with E-state index in [9.17, 15) is 0 Å². The minimum Gasteiger partial charge on any atom is -0.411 e. The first-order valence-corrected chi connectivity index (χ1v) is 3.16. The molecule has 58 valence electrons. The molecular weight excluding hydrogens is 130 g/mol. The first kappa shape index (κ1) is 9.17. The van der Waals surface area contributed by atoms with Crippen molar-refractivity contribution < 1.29 is 9.94 Å². The molecule has 0 aromatic rings. The van der Waals surface area contributed by atoms with Crippen molar-refractivity contribution in [3.8, 4) is 0 Å². The molecule has 0 spiro atoms. The van der Waals surface area contributed by atoms with Crippen molar-refractivity contribution in [3.63, 3.8) is 0 Å². The average Bonchev–Trinajstić information content (AvgIpc) is 1.98. The lowest BCUT2D eigenvalue weighted by Crippen LogP contribution is -2.06. The summed E-state index contributed by atoms with van der Waals surface area (Å²) in [4.78, 5) is 0. The van der Waals surface area contributed by atoms with Gasteiger partial charge >= 0.3 is 0 Å². The largest absolute Gasteiger partial charge is 0.411 e. The number of ether oxygens (including phenoxy) is 1. The normalized spacial score (nSPS) is 15.0. The minimum atomic E-state index is 0.0286. The molecule has 1 atom stereocenters. The van der Waals surface area contributed by atoms with Gasteiger partial charge in [0.15, 0.2) is 0 Å². The molecule has 3 nitrogen and oxygen atoms in total. The number of rotatable bonds is 4. The third kappa shape index (κ3) is 4.09. The number of oxime groups is 1. The van der Waals surface area contributed by atoms with Crippen LogP contribution in [0.4, 0.5) is 0 Å². The van der Waals surface area contributed by atoms with Crippen molar-refractivity contribution in [2.75, 3.05) is 7.11 Å². The fraction of sp³-hybridized carbons (Fsp3) is 0.571. The summed E-state index contributed by atoms with van der Waals surface area (Å²) in [5, 5.41) is 10.9. The standard InChI is InChI=1S/C7H13NO2/c1-3-4-7(10-2)5-6-8-9/h3-4,6-7,9H,5H2,1-2H3/b4-3+,8-6+. The maximum absolute atomic E-state index is 8.07. The summed E-state index contributed by atoms with van der Waals surface area (Å²) in [7, 11) is 1.62. The van der Waals surface area contributed by atoms with E-state index in [4.69, 9.17) is 9.94 Å². The van der Waals surface area contributed by atoms with Gasteiger partial charge in [0.1, 0.15) is 0 Å². The Morgan fingerprint density at radius 2 is 2.40 bits per heavy atom. The molecule has 0 aromatic carbocycles. The molecule has 0 amide bonds. The summed E-state index contributed by atoms with van der Waals surface area (Å²) >= 11 is 0. The Hall–Kier alpha value is -0.830. The van der Waals surface area contributed by atoms with Gasteiger partial charge in [0.25, 0.3) is 0 Å². The number of methoxy groups -OCH3 is 1. The third-order valence-corrected chi connectivity index (χ3v) is 1.13. The van der Waals surface area contributed by atoms with E-state index in [1.807, 2.05) is 19.1 Å². The van der Waals surface area contributed by atoms with E-state index in [0.717, 1.165) is 0 Å². The van der Waals surface area contributed by atoms with E-state index >= 15 is 0 Å². The quantitative estimate of drug-likeness (QED) is 0.280. The third-order valence-electron chi connectivity index (χ3n) is 1.13. The van der Waals surface area contributed by atoms with Gasteiger partial charge in [-0.1, -0.05) is 12.2 Å². The van der Waals surface area contributed by atoms with Crippen LogP contribution in [0.1, 0.15) is 13.3 Å². The molecule has 0 fully saturated rings. The molecule has 0 radical (unpaired) electrons. The van der Waals surface area contributed by atoms with Crippen molar-refractivity contribution >= 4 is 6.21 Å². The zero-order chi connectivity index (χ0) is 7.82. The van der Waals surface area contributed by atoms with Crippen LogP contribution < -0.4 is 0 Å². The van der Waals surface area contributed by atoms with Gasteiger partial charge in [0.2, 0.25) is 0 Å². The highest BCUT2D eigenvalue weighted by Crippen LogP contribution is 1.95. The highest BCUT2D eigenvalue weighted by Gasteiger charge is 1.97. The van der Waals surface area contributed by atoms with Gasteiger partial charge in [0.05, 0.1) is 6.10 Å². The number of hydrogen-bond acceptors (Lipinski definition) is 3. The van der Waals surface area contributed by atoms with Crippen molar-refractivity contribution in [1.82, 2.24) is 0 Å². The summed E-state index contributed by atoms with van der Waals surface area (Å²) in [5.41, 5.74) is 0. The van der Waals surface area contributed by atoms with Crippen LogP contribution in [0.25, 0.3) is 0 Å². The lowest BCUT2D eigenvalue weighted by Gasteiger charge is -2.04. The average molecular weight is 143 g/mol. The molecule has 1 N–H and O–H groups in total. The molecule has 10 heavy (non-hydrogen) atoms. The molecule has 3 heteroatoms. The highest BCUT2D eigenvalue weighted by molar-refractivity contribution is 5.57. The van der Waals surface area contributed by atoms with Crippen molar-refractivity contribution in [3.05, 3.63) is 12.2 Å². The van der Waals surface area contributed by atoms with E-state index in [0.29, 0.717) is 6.42 Å². The maximum atomic E-state index is 8.07. The van der Waals surface area contributed by atoms with Gasteiger partial charge in [-0.2, -0.15) is 0 Å². The predicted octanol–water partition coefficient (Wildman–Crippen LogP) is 1.43. The zero-order valence-electron chi connectivity index (χ0n) is 6.32. The highest BCUT2D eigenvalue weighted by atomic mass is 16.5. The molecule has 0 heterocycles. The van der Waals surface area contributed by atoms with Gasteiger partial charge in [-0.15, -0.1) is 5.16 Å². The first-order chi connectivity index (χ1) is 4.85. The van der Waals surface area contributed by atoms with Crippen molar-refractivity contribution in [2.45, 2.75) is 19.4 Å². The number of nitrogens with zero attached hydrogens (tertiary/aromatic N) is 1. The summed E-state index contributed by atoms with van der Waals surface area (Å²) in [6.07, 6.45) is 5.85. The van der Waals surface area contributed by atoms with Gasteiger partial charge in [-0.05, 0) is 6.92 Å². The monoisotopic (exact) mass is 143 g/mol. The molecule has 0 rings (SSSR count). The molecule has 0 aliphatic heterocycles. The van der Waals surface area contributed by atoms with E-state index in [2.05, 4.69) is 5.16 Å². The second-order valence-electron chi connectivity index (χ2n) is 1.83. The molecule has 0 saturated carbocycles. The van der Waals surface area contributed by atoms with Crippen LogP contribution in [0, 0.1) is 0 Å². The van der Waals surface area contributed by atoms with Crippen LogP contribution in [0.2, 0.25) is 0 Å². The molecule has 0 bridgehead atoms. The molecule has 1 unspecified atom stereocenters. The fourth-order valence-corrected chi connectivity index (χ4v) is 0.619. The zero-order valence-corrected chi connectivity index (χ0v) is 6.32. The SMILES string of the molecule is C/C=C/C(C/C=N/O)OC. The Morgan fingerprint density at radius 1 is 1.70 bits per heavy atom. The van der Waals surface area contributed by atoms with Gasteiger partial charge in [0, 0.05) is 19.7 Å². The topological polar surface area (TPSA) is 41.8 Å². The van der Waals surface area contributed by atoms with Crippen LogP contribution in [-0.2, 0) is 4.74 Å². The Balaban J connectivity index is 3.60. The smallest absolute Gasteiger partial charge is 0.0802 e. The molecule has 0 aliphatic rings. The molecule has 0 aliphatic carbocycles. The van der Waals surface area contributed by atoms with Crippen LogP contribution >= 0.6 is 0 Å². The van der Waals surface area contributed by atoms with Crippen molar-refractivity contribution in [1.29, 1.82) is 0 Å². The molecular formula is C7H13NO2. The second kappa shape index (κ2) is 6.29. The summed E-state index contributed by atoms with van der Waals surface area (Å²) in [6.45, 7) is 1.92. The van der Waals surface area contributed by atoms with Crippen LogP contribution in [0.5, 0.6) is 0 Å². The van der Waals surface area contributed by atoms with Gasteiger partial charge in [-0.25, -0.2) is 0 Å². The fourth-order valence-electron chi connectivity index (χ4n) is 0.619. The predicted molar refractivity (Wildman–Crippen MR) is 40.5 cm³/mol. The van der Waals surface area contributed by atoms with Gasteiger partial charge in [-0.3, -0.25) is 0 Å². The summed E-state index contributed by atoms with van der Waals surface area (Å²) in [5.74, 6) is 0. The Labute approximate surface area is 61.0 Å². The first-order valence-electron chi connectivity index (χ1n) is 3.16. The van der Waals surface area contributed by atoms with E-state index < -0.39 is 0 Å². The van der Waals surface area contributed by atoms with E-state index in [1.165, 1.54) is 6.21 Å². The number of allylic oxidation sites excluding steroid dienone is 1. The van der Waals surface area contributed by atoms with Crippen molar-refractivity contribution in [2.24, 2.45) is 5.16 Å². The Morgan fingerprint density at radius 3 is 2.80 bits per heavy atom. The van der Waals surface area contributed by atoms with E-state index in [-0.39, 0.29) is 6.10 Å². The van der Waals surface area contributed by atoms with Crippen LogP contribution in [0.3, 0.4) is 0 Å². The Bertz CT molecular complexity index is 121. The van der Waals surface area contributed by atoms with Gasteiger partial charge < -0.3 is 9.94 Å². The van der Waals surface area contributed by atoms with E-state index in [1.54, 1.807) is 7.11 Å². The summed E-state index contributed by atoms with van der Waals surface area (Å²) in [6, 6.07) is 0. The summed E-state index contributed by atoms with van der Waals surface area (Å²) < 4.78 is 5.00. The molecule has 0 aromatic heterocycles. The lowest BCUT2D eigenvalue weighted by molar-refractivity contribution is 0.147. The Kier molecular flexibility index (Phi) is 5.77. The van der Waals surface area contributed by atoms with Crippen LogP contribution in [0.15, 0.2) is 17.3 Å². The maximum Gasteiger partial charge on any atom is 0.0802 e. The minimum absolute atomic E-state index is 0.0286. The molecule has 0 saturated heterocycles. The lowest BCUT2D eigenvalue weighted by atomic mass is 10.2. The van der Waals surface area contributed by atoms with Crippen LogP contribution in [-0.4, -0.2) is 24.6 Å². The number of hydrogen-bond donors (Lipinski definition) is 1. The second-order valence-corrected chi connectivity index (χ2v) is 1.83.